The van der Waals surface area contributed by atoms with Crippen molar-refractivity contribution in [3.63, 3.8) is 0 Å². The largest absolute Gasteiger partial charge is 0.477 e. The molecule has 1 aromatic heterocycles. The second-order valence-electron chi connectivity index (χ2n) is 4.20. The number of aromatic nitrogens is 1. The third kappa shape index (κ3) is 3.08. The highest BCUT2D eigenvalue weighted by molar-refractivity contribution is 7.17. The molecule has 4 nitrogen and oxygen atoms in total. The van der Waals surface area contributed by atoms with Crippen molar-refractivity contribution in [3.8, 4) is 0 Å². The van der Waals surface area contributed by atoms with Crippen LogP contribution in [0.3, 0.4) is 0 Å². The number of halogens is 1. The third-order valence-electron chi connectivity index (χ3n) is 2.64. The van der Waals surface area contributed by atoms with Crippen LogP contribution in [0.1, 0.15) is 20.9 Å². The second-order valence-corrected chi connectivity index (χ2v) is 5.18. The lowest BCUT2D eigenvalue weighted by molar-refractivity contribution is 0.0701. The van der Waals surface area contributed by atoms with E-state index in [4.69, 9.17) is 5.11 Å². The number of thiazole rings is 1. The standard InChI is InChI=1S/C13H13FN2O2S/c1-8-11(12(17)18)19-13(15-8)16(2)7-9-3-5-10(14)6-4-9/h3-6H,7H2,1-2H3,(H,17,18). The van der Waals surface area contributed by atoms with E-state index in [2.05, 4.69) is 4.98 Å². The molecule has 2 rings (SSSR count). The minimum absolute atomic E-state index is 0.251. The van der Waals surface area contributed by atoms with Gasteiger partial charge >= 0.3 is 5.97 Å². The highest BCUT2D eigenvalue weighted by Gasteiger charge is 2.16. The first-order chi connectivity index (χ1) is 8.97. The lowest BCUT2D eigenvalue weighted by Crippen LogP contribution is -2.16. The molecule has 0 bridgehead atoms. The molecule has 0 radical (unpaired) electrons. The summed E-state index contributed by atoms with van der Waals surface area (Å²) in [6, 6.07) is 6.20. The summed E-state index contributed by atoms with van der Waals surface area (Å²) in [6.07, 6.45) is 0. The first-order valence-corrected chi connectivity index (χ1v) is 6.45. The van der Waals surface area contributed by atoms with Crippen LogP contribution < -0.4 is 4.90 Å². The fraction of sp³-hybridized carbons (Fsp3) is 0.231. The van der Waals surface area contributed by atoms with E-state index in [1.54, 1.807) is 19.1 Å². The van der Waals surface area contributed by atoms with Gasteiger partial charge in [-0.25, -0.2) is 14.2 Å². The number of nitrogens with zero attached hydrogens (tertiary/aromatic N) is 2. The number of rotatable bonds is 4. The highest BCUT2D eigenvalue weighted by atomic mass is 32.1. The van der Waals surface area contributed by atoms with Gasteiger partial charge in [0.05, 0.1) is 5.69 Å². The molecule has 0 amide bonds. The number of aryl methyl sites for hydroxylation is 1. The fourth-order valence-corrected chi connectivity index (χ4v) is 2.54. The first-order valence-electron chi connectivity index (χ1n) is 5.63. The van der Waals surface area contributed by atoms with E-state index in [0.29, 0.717) is 17.4 Å². The average molecular weight is 280 g/mol. The van der Waals surface area contributed by atoms with Crippen LogP contribution >= 0.6 is 11.3 Å². The highest BCUT2D eigenvalue weighted by Crippen LogP contribution is 2.26. The first kappa shape index (κ1) is 13.5. The Morgan fingerprint density at radius 1 is 1.42 bits per heavy atom. The van der Waals surface area contributed by atoms with Crippen molar-refractivity contribution in [2.24, 2.45) is 0 Å². The maximum Gasteiger partial charge on any atom is 0.347 e. The van der Waals surface area contributed by atoms with Crippen LogP contribution in [0.5, 0.6) is 0 Å². The zero-order valence-corrected chi connectivity index (χ0v) is 11.4. The van der Waals surface area contributed by atoms with Gasteiger partial charge in [0.1, 0.15) is 10.7 Å². The van der Waals surface area contributed by atoms with Crippen LogP contribution in [0.4, 0.5) is 9.52 Å². The van der Waals surface area contributed by atoms with Crippen molar-refractivity contribution in [1.82, 2.24) is 4.98 Å². The summed E-state index contributed by atoms with van der Waals surface area (Å²) in [6.45, 7) is 2.22. The summed E-state index contributed by atoms with van der Waals surface area (Å²) in [4.78, 5) is 17.3. The Labute approximate surface area is 114 Å². The third-order valence-corrected chi connectivity index (χ3v) is 3.90. The normalized spacial score (nSPS) is 10.5. The molecule has 1 aromatic carbocycles. The van der Waals surface area contributed by atoms with Gasteiger partial charge in [-0.05, 0) is 24.6 Å². The van der Waals surface area contributed by atoms with Crippen LogP contribution in [0, 0.1) is 12.7 Å². The summed E-state index contributed by atoms with van der Waals surface area (Å²) in [5.41, 5.74) is 1.45. The van der Waals surface area contributed by atoms with Gasteiger partial charge < -0.3 is 10.0 Å². The number of benzene rings is 1. The minimum Gasteiger partial charge on any atom is -0.477 e. The van der Waals surface area contributed by atoms with Crippen molar-refractivity contribution >= 4 is 22.4 Å². The van der Waals surface area contributed by atoms with Gasteiger partial charge in [-0.3, -0.25) is 0 Å². The van der Waals surface area contributed by atoms with Crippen molar-refractivity contribution in [2.75, 3.05) is 11.9 Å². The number of aromatic carboxylic acids is 1. The second kappa shape index (κ2) is 5.36. The molecule has 19 heavy (non-hydrogen) atoms. The smallest absolute Gasteiger partial charge is 0.347 e. The van der Waals surface area contributed by atoms with Gasteiger partial charge in [-0.1, -0.05) is 23.5 Å². The summed E-state index contributed by atoms with van der Waals surface area (Å²) in [5, 5.41) is 9.63. The maximum atomic E-state index is 12.8. The molecule has 0 spiro atoms. The van der Waals surface area contributed by atoms with Crippen molar-refractivity contribution in [3.05, 3.63) is 46.2 Å². The molecule has 0 aliphatic rings. The molecular weight excluding hydrogens is 267 g/mol. The van der Waals surface area contributed by atoms with Crippen molar-refractivity contribution < 1.29 is 14.3 Å². The molecule has 0 atom stereocenters. The van der Waals surface area contributed by atoms with Crippen molar-refractivity contribution in [1.29, 1.82) is 0 Å². The summed E-state index contributed by atoms with van der Waals surface area (Å²) in [7, 11) is 1.83. The zero-order chi connectivity index (χ0) is 14.0. The maximum absolute atomic E-state index is 12.8. The zero-order valence-electron chi connectivity index (χ0n) is 10.6. The minimum atomic E-state index is -0.962. The lowest BCUT2D eigenvalue weighted by Gasteiger charge is -2.15. The molecule has 6 heteroatoms. The van der Waals surface area contributed by atoms with Crippen molar-refractivity contribution in [2.45, 2.75) is 13.5 Å². The number of anilines is 1. The van der Waals surface area contributed by atoms with E-state index in [1.165, 1.54) is 12.1 Å². The van der Waals surface area contributed by atoms with E-state index in [9.17, 15) is 9.18 Å². The van der Waals surface area contributed by atoms with Gasteiger partial charge in [0.15, 0.2) is 5.13 Å². The van der Waals surface area contributed by atoms with E-state index in [0.717, 1.165) is 16.9 Å². The number of hydrogen-bond acceptors (Lipinski definition) is 4. The molecule has 0 saturated heterocycles. The molecule has 1 N–H and O–H groups in total. The van der Waals surface area contributed by atoms with Crippen LogP contribution in [0.25, 0.3) is 0 Å². The molecule has 0 saturated carbocycles. The molecule has 0 aliphatic carbocycles. The van der Waals surface area contributed by atoms with Gasteiger partial charge in [-0.15, -0.1) is 0 Å². The molecule has 0 fully saturated rings. The Morgan fingerprint density at radius 3 is 2.58 bits per heavy atom. The van der Waals surface area contributed by atoms with E-state index in [1.807, 2.05) is 11.9 Å². The molecular formula is C13H13FN2O2S. The van der Waals surface area contributed by atoms with E-state index >= 15 is 0 Å². The Morgan fingerprint density at radius 2 is 2.05 bits per heavy atom. The van der Waals surface area contributed by atoms with Crippen LogP contribution in [-0.4, -0.2) is 23.1 Å². The summed E-state index contributed by atoms with van der Waals surface area (Å²) in [5.74, 6) is -1.24. The van der Waals surface area contributed by atoms with Gasteiger partial charge in [0.2, 0.25) is 0 Å². The number of carbonyl (C=O) groups is 1. The molecule has 0 unspecified atom stereocenters. The van der Waals surface area contributed by atoms with E-state index < -0.39 is 5.97 Å². The quantitative estimate of drug-likeness (QED) is 0.935. The average Bonchev–Trinajstić information content (AvgIpc) is 2.74. The molecule has 100 valence electrons. The molecule has 0 aliphatic heterocycles. The van der Waals surface area contributed by atoms with Crippen LogP contribution in [0.2, 0.25) is 0 Å². The van der Waals surface area contributed by atoms with Gasteiger partial charge in [0.25, 0.3) is 0 Å². The summed E-state index contributed by atoms with van der Waals surface area (Å²) < 4.78 is 12.8. The van der Waals surface area contributed by atoms with Crippen LogP contribution in [0.15, 0.2) is 24.3 Å². The predicted molar refractivity (Wildman–Crippen MR) is 72.3 cm³/mol. The topological polar surface area (TPSA) is 53.4 Å². The molecule has 2 aromatic rings. The van der Waals surface area contributed by atoms with Crippen LogP contribution in [-0.2, 0) is 6.54 Å². The van der Waals surface area contributed by atoms with Gasteiger partial charge in [0, 0.05) is 13.6 Å². The Bertz CT molecular complexity index is 595. The Hall–Kier alpha value is -1.95. The Kier molecular flexibility index (Phi) is 3.80. The SMILES string of the molecule is Cc1nc(N(C)Cc2ccc(F)cc2)sc1C(=O)O. The fourth-order valence-electron chi connectivity index (χ4n) is 1.68. The molecule has 1 heterocycles. The number of carboxylic acids is 1. The predicted octanol–water partition coefficient (Wildman–Crippen LogP) is 2.93. The lowest BCUT2D eigenvalue weighted by atomic mass is 10.2. The number of hydrogen-bond donors (Lipinski definition) is 1. The monoisotopic (exact) mass is 280 g/mol. The summed E-state index contributed by atoms with van der Waals surface area (Å²) >= 11 is 1.14. The van der Waals surface area contributed by atoms with E-state index in [-0.39, 0.29) is 10.7 Å². The number of carboxylic acid groups (broad SMARTS) is 1. The Balaban J connectivity index is 2.15. The van der Waals surface area contributed by atoms with Gasteiger partial charge in [-0.2, -0.15) is 0 Å².